The quantitative estimate of drug-likeness (QED) is 0.823. The van der Waals surface area contributed by atoms with Crippen LogP contribution in [0.3, 0.4) is 0 Å². The Bertz CT molecular complexity index is 933. The van der Waals surface area contributed by atoms with Gasteiger partial charge < -0.3 is 10.2 Å². The number of fused-ring (bicyclic) bond motifs is 1. The number of carbonyl (C=O) groups is 2. The molecule has 0 saturated heterocycles. The van der Waals surface area contributed by atoms with Gasteiger partial charge in [-0.05, 0) is 56.4 Å². The molecule has 5 heteroatoms. The van der Waals surface area contributed by atoms with Crippen LogP contribution < -0.4 is 5.32 Å². The molecule has 2 unspecified atom stereocenters. The molecule has 1 fully saturated rings. The van der Waals surface area contributed by atoms with E-state index in [1.807, 2.05) is 48.2 Å². The van der Waals surface area contributed by atoms with Crippen LogP contribution >= 0.6 is 0 Å². The lowest BCUT2D eigenvalue weighted by atomic mass is 9.70. The maximum Gasteiger partial charge on any atom is 0.254 e. The second-order valence-electron chi connectivity index (χ2n) is 8.42. The highest BCUT2D eigenvalue weighted by Crippen LogP contribution is 2.51. The third-order valence-electron chi connectivity index (χ3n) is 6.75. The van der Waals surface area contributed by atoms with Crippen LogP contribution in [0.15, 0.2) is 42.6 Å². The van der Waals surface area contributed by atoms with Gasteiger partial charge in [0.2, 0.25) is 5.91 Å². The number of amides is 2. The first-order valence-corrected chi connectivity index (χ1v) is 10.6. The number of pyridine rings is 1. The summed E-state index contributed by atoms with van der Waals surface area (Å²) >= 11 is 0. The highest BCUT2D eigenvalue weighted by Gasteiger charge is 2.56. The summed E-state index contributed by atoms with van der Waals surface area (Å²) in [7, 11) is 0. The zero-order valence-corrected chi connectivity index (χ0v) is 17.4. The van der Waals surface area contributed by atoms with Gasteiger partial charge in [-0.25, -0.2) is 4.98 Å². The molecule has 0 radical (unpaired) electrons. The van der Waals surface area contributed by atoms with Crippen LogP contribution in [0.4, 0.5) is 5.82 Å². The summed E-state index contributed by atoms with van der Waals surface area (Å²) in [6.45, 7) is 6.15. The predicted molar refractivity (Wildman–Crippen MR) is 114 cm³/mol. The number of benzene rings is 1. The molecule has 2 aromatic rings. The molecule has 29 heavy (non-hydrogen) atoms. The van der Waals surface area contributed by atoms with Gasteiger partial charge in [0.05, 0.1) is 11.5 Å². The third kappa shape index (κ3) is 3.13. The lowest BCUT2D eigenvalue weighted by Crippen LogP contribution is -2.62. The van der Waals surface area contributed by atoms with E-state index in [0.29, 0.717) is 11.4 Å². The van der Waals surface area contributed by atoms with E-state index >= 15 is 0 Å². The van der Waals surface area contributed by atoms with E-state index in [0.717, 1.165) is 43.2 Å². The standard InChI is InChI=1S/C24H29N3O2/c1-4-17(3)27-23(29)19-12-6-5-11-18(19)20(24(27)13-7-8-14-24)22(28)26-21-16(2)10-9-15-25-21/h5-6,9-12,15,17,20H,4,7-8,13-14H2,1-3H3,(H,25,26,28). The van der Waals surface area contributed by atoms with Crippen molar-refractivity contribution >= 4 is 17.6 Å². The number of nitrogens with one attached hydrogen (secondary N) is 1. The fourth-order valence-electron chi connectivity index (χ4n) is 5.23. The Morgan fingerprint density at radius 3 is 2.66 bits per heavy atom. The van der Waals surface area contributed by atoms with Crippen LogP contribution in [0.25, 0.3) is 0 Å². The van der Waals surface area contributed by atoms with Crippen molar-refractivity contribution in [2.75, 3.05) is 5.32 Å². The maximum absolute atomic E-state index is 13.7. The van der Waals surface area contributed by atoms with Gasteiger partial charge in [-0.1, -0.05) is 44.0 Å². The van der Waals surface area contributed by atoms with Crippen molar-refractivity contribution in [1.82, 2.24) is 9.88 Å². The molecule has 152 valence electrons. The number of aromatic nitrogens is 1. The van der Waals surface area contributed by atoms with E-state index in [1.165, 1.54) is 0 Å². The number of hydrogen-bond donors (Lipinski definition) is 1. The van der Waals surface area contributed by atoms with Gasteiger partial charge in [0, 0.05) is 17.8 Å². The second kappa shape index (κ2) is 7.62. The summed E-state index contributed by atoms with van der Waals surface area (Å²) in [4.78, 5) is 33.7. The minimum atomic E-state index is -0.465. The molecule has 2 aliphatic rings. The largest absolute Gasteiger partial charge is 0.329 e. The third-order valence-corrected chi connectivity index (χ3v) is 6.75. The number of aryl methyl sites for hydroxylation is 1. The molecule has 1 saturated carbocycles. The van der Waals surface area contributed by atoms with Crippen molar-refractivity contribution in [3.05, 3.63) is 59.3 Å². The Morgan fingerprint density at radius 1 is 1.24 bits per heavy atom. The molecule has 0 bridgehead atoms. The molecule has 1 aromatic heterocycles. The minimum Gasteiger partial charge on any atom is -0.329 e. The Kier molecular flexibility index (Phi) is 5.15. The highest BCUT2D eigenvalue weighted by molar-refractivity contribution is 6.05. The SMILES string of the molecule is CCC(C)N1C(=O)c2ccccc2C(C(=O)Nc2ncccc2C)C12CCCC2. The highest BCUT2D eigenvalue weighted by atomic mass is 16.2. The molecular weight excluding hydrogens is 362 g/mol. The first-order valence-electron chi connectivity index (χ1n) is 10.6. The number of carbonyl (C=O) groups excluding carboxylic acids is 2. The Labute approximate surface area is 172 Å². The zero-order chi connectivity index (χ0) is 20.6. The summed E-state index contributed by atoms with van der Waals surface area (Å²) < 4.78 is 0. The van der Waals surface area contributed by atoms with Crippen molar-refractivity contribution in [2.45, 2.75) is 70.4 Å². The van der Waals surface area contributed by atoms with Crippen LogP contribution in [-0.2, 0) is 4.79 Å². The number of hydrogen-bond acceptors (Lipinski definition) is 3. The summed E-state index contributed by atoms with van der Waals surface area (Å²) in [5.74, 6) is 0.196. The average Bonchev–Trinajstić information content (AvgIpc) is 3.19. The van der Waals surface area contributed by atoms with Crippen molar-refractivity contribution in [2.24, 2.45) is 0 Å². The predicted octanol–water partition coefficient (Wildman–Crippen LogP) is 4.68. The summed E-state index contributed by atoms with van der Waals surface area (Å²) in [6.07, 6.45) is 6.35. The first-order chi connectivity index (χ1) is 14.0. The van der Waals surface area contributed by atoms with E-state index in [1.54, 1.807) is 6.20 Å². The molecule has 1 spiro atoms. The molecule has 1 aliphatic carbocycles. The van der Waals surface area contributed by atoms with Crippen molar-refractivity contribution in [3.8, 4) is 0 Å². The normalized spacial score (nSPS) is 21.1. The molecular formula is C24H29N3O2. The van der Waals surface area contributed by atoms with Gasteiger partial charge in [-0.15, -0.1) is 0 Å². The molecule has 1 N–H and O–H groups in total. The monoisotopic (exact) mass is 391 g/mol. The van der Waals surface area contributed by atoms with E-state index in [9.17, 15) is 9.59 Å². The topological polar surface area (TPSA) is 62.3 Å². The van der Waals surface area contributed by atoms with E-state index in [-0.39, 0.29) is 17.9 Å². The molecule has 1 aromatic carbocycles. The lowest BCUT2D eigenvalue weighted by molar-refractivity contribution is -0.121. The average molecular weight is 392 g/mol. The molecule has 2 heterocycles. The smallest absolute Gasteiger partial charge is 0.254 e. The van der Waals surface area contributed by atoms with Crippen LogP contribution in [0.2, 0.25) is 0 Å². The van der Waals surface area contributed by atoms with Crippen molar-refractivity contribution in [1.29, 1.82) is 0 Å². The van der Waals surface area contributed by atoms with Gasteiger partial charge in [0.25, 0.3) is 5.91 Å². The van der Waals surface area contributed by atoms with Crippen LogP contribution in [0.5, 0.6) is 0 Å². The van der Waals surface area contributed by atoms with Gasteiger partial charge in [0.1, 0.15) is 5.82 Å². The second-order valence-corrected chi connectivity index (χ2v) is 8.42. The summed E-state index contributed by atoms with van der Waals surface area (Å²) in [5.41, 5.74) is 1.97. The lowest BCUT2D eigenvalue weighted by Gasteiger charge is -2.52. The number of nitrogens with zero attached hydrogens (tertiary/aromatic N) is 2. The number of anilines is 1. The Hall–Kier alpha value is -2.69. The van der Waals surface area contributed by atoms with Crippen LogP contribution in [0.1, 0.15) is 73.4 Å². The van der Waals surface area contributed by atoms with Gasteiger partial charge in [-0.3, -0.25) is 9.59 Å². The van der Waals surface area contributed by atoms with Gasteiger partial charge in [-0.2, -0.15) is 0 Å². The molecule has 1 aliphatic heterocycles. The van der Waals surface area contributed by atoms with Crippen LogP contribution in [-0.4, -0.2) is 33.3 Å². The molecule has 5 nitrogen and oxygen atoms in total. The Morgan fingerprint density at radius 2 is 1.97 bits per heavy atom. The summed E-state index contributed by atoms with van der Waals surface area (Å²) in [6, 6.07) is 11.5. The van der Waals surface area contributed by atoms with Gasteiger partial charge >= 0.3 is 0 Å². The maximum atomic E-state index is 13.7. The fraction of sp³-hybridized carbons (Fsp3) is 0.458. The van der Waals surface area contributed by atoms with Crippen LogP contribution in [0, 0.1) is 6.92 Å². The van der Waals surface area contributed by atoms with E-state index in [4.69, 9.17) is 0 Å². The molecule has 4 rings (SSSR count). The Balaban J connectivity index is 1.84. The first kappa shape index (κ1) is 19.6. The fourth-order valence-corrected chi connectivity index (χ4v) is 5.23. The number of rotatable bonds is 4. The molecule has 2 amide bonds. The minimum absolute atomic E-state index is 0.0647. The summed E-state index contributed by atoms with van der Waals surface area (Å²) in [5, 5.41) is 3.08. The van der Waals surface area contributed by atoms with Gasteiger partial charge in [0.15, 0.2) is 0 Å². The van der Waals surface area contributed by atoms with E-state index < -0.39 is 11.5 Å². The van der Waals surface area contributed by atoms with E-state index in [2.05, 4.69) is 24.1 Å². The van der Waals surface area contributed by atoms with Crippen molar-refractivity contribution < 1.29 is 9.59 Å². The zero-order valence-electron chi connectivity index (χ0n) is 17.4. The molecule has 2 atom stereocenters. The van der Waals surface area contributed by atoms with Crippen molar-refractivity contribution in [3.63, 3.8) is 0 Å².